The van der Waals surface area contributed by atoms with Gasteiger partial charge in [0.2, 0.25) is 0 Å². The van der Waals surface area contributed by atoms with E-state index in [1.165, 1.54) is 0 Å². The van der Waals surface area contributed by atoms with Gasteiger partial charge in [-0.15, -0.1) is 0 Å². The zero-order valence-corrected chi connectivity index (χ0v) is 14.9. The van der Waals surface area contributed by atoms with Crippen molar-refractivity contribution in [3.05, 3.63) is 64.1 Å². The summed E-state index contributed by atoms with van der Waals surface area (Å²) in [5.74, 6) is 1.38. The molecule has 1 saturated heterocycles. The minimum Gasteiger partial charge on any atom is -0.497 e. The molecule has 2 bridgehead atoms. The number of pyridine rings is 1. The standard InChI is InChI=1S/C20H23N3O3/c1-26-17-7-5-14(6-8-17)10-21-20(25)22-11-15-9-16(13-22)18-3-2-4-19(24)23(18)12-15/h2-8,15-16H,9-13H2,1H3,(H,21,25)/t15-,16+/m1/s1. The van der Waals surface area contributed by atoms with E-state index in [0.29, 0.717) is 32.1 Å². The number of piperidine rings is 1. The Morgan fingerprint density at radius 1 is 1.15 bits per heavy atom. The number of nitrogens with zero attached hydrogens (tertiary/aromatic N) is 2. The number of carbonyl (C=O) groups excluding carboxylic acids is 1. The summed E-state index contributed by atoms with van der Waals surface area (Å²) < 4.78 is 7.03. The molecule has 2 amide bonds. The molecule has 0 aliphatic carbocycles. The average Bonchev–Trinajstić information content (AvgIpc) is 2.67. The number of aromatic nitrogens is 1. The van der Waals surface area contributed by atoms with Gasteiger partial charge in [0.15, 0.2) is 0 Å². The van der Waals surface area contributed by atoms with Crippen molar-refractivity contribution in [2.24, 2.45) is 5.92 Å². The van der Waals surface area contributed by atoms with E-state index in [1.807, 2.05) is 45.9 Å². The third-order valence-corrected chi connectivity index (χ3v) is 5.37. The smallest absolute Gasteiger partial charge is 0.317 e. The molecule has 0 radical (unpaired) electrons. The van der Waals surface area contributed by atoms with Gasteiger partial charge in [-0.05, 0) is 36.1 Å². The SMILES string of the molecule is COc1ccc(CNC(=O)N2C[C@H]3C[C@@H](C2)c2cccc(=O)n2C3)cc1. The molecule has 4 rings (SSSR count). The zero-order chi connectivity index (χ0) is 18.1. The Hall–Kier alpha value is -2.76. The lowest BCUT2D eigenvalue weighted by Gasteiger charge is -2.42. The summed E-state index contributed by atoms with van der Waals surface area (Å²) in [6.45, 7) is 2.55. The highest BCUT2D eigenvalue weighted by molar-refractivity contribution is 5.74. The molecule has 1 aromatic carbocycles. The van der Waals surface area contributed by atoms with Crippen LogP contribution in [-0.4, -0.2) is 35.7 Å². The fraction of sp³-hybridized carbons (Fsp3) is 0.400. The van der Waals surface area contributed by atoms with Crippen LogP contribution >= 0.6 is 0 Å². The molecule has 1 fully saturated rings. The minimum absolute atomic E-state index is 0.0396. The van der Waals surface area contributed by atoms with Crippen LogP contribution in [0.2, 0.25) is 0 Å². The summed E-state index contributed by atoms with van der Waals surface area (Å²) >= 11 is 0. The first-order valence-corrected chi connectivity index (χ1v) is 8.99. The first-order valence-electron chi connectivity index (χ1n) is 8.99. The van der Waals surface area contributed by atoms with Gasteiger partial charge >= 0.3 is 6.03 Å². The van der Waals surface area contributed by atoms with Crippen molar-refractivity contribution in [3.63, 3.8) is 0 Å². The molecule has 6 heteroatoms. The van der Waals surface area contributed by atoms with Crippen LogP contribution in [0.5, 0.6) is 5.75 Å². The van der Waals surface area contributed by atoms with Crippen molar-refractivity contribution in [3.8, 4) is 5.75 Å². The number of hydrogen-bond acceptors (Lipinski definition) is 3. The molecule has 1 N–H and O–H groups in total. The maximum Gasteiger partial charge on any atom is 0.317 e. The number of hydrogen-bond donors (Lipinski definition) is 1. The molecule has 2 atom stereocenters. The van der Waals surface area contributed by atoms with E-state index < -0.39 is 0 Å². The number of nitrogens with one attached hydrogen (secondary N) is 1. The van der Waals surface area contributed by atoms with Crippen molar-refractivity contribution < 1.29 is 9.53 Å². The Balaban J connectivity index is 1.41. The summed E-state index contributed by atoms with van der Waals surface area (Å²) in [7, 11) is 1.64. The Bertz CT molecular complexity index is 859. The van der Waals surface area contributed by atoms with Crippen LogP contribution in [0.4, 0.5) is 4.79 Å². The lowest BCUT2D eigenvalue weighted by Crippen LogP contribution is -2.51. The maximum absolute atomic E-state index is 12.6. The van der Waals surface area contributed by atoms with Gasteiger partial charge in [0.25, 0.3) is 5.56 Å². The first kappa shape index (κ1) is 16.7. The number of carbonyl (C=O) groups is 1. The number of rotatable bonds is 3. The van der Waals surface area contributed by atoms with Gasteiger partial charge in [0, 0.05) is 43.9 Å². The lowest BCUT2D eigenvalue weighted by molar-refractivity contribution is 0.131. The molecule has 26 heavy (non-hydrogen) atoms. The van der Waals surface area contributed by atoms with Crippen LogP contribution in [0.25, 0.3) is 0 Å². The summed E-state index contributed by atoms with van der Waals surface area (Å²) in [6.07, 6.45) is 1.05. The molecular weight excluding hydrogens is 330 g/mol. The highest BCUT2D eigenvalue weighted by Crippen LogP contribution is 2.34. The average molecular weight is 353 g/mol. The first-order chi connectivity index (χ1) is 12.6. The van der Waals surface area contributed by atoms with E-state index in [-0.39, 0.29) is 17.5 Å². The molecule has 0 unspecified atom stereocenters. The van der Waals surface area contributed by atoms with E-state index in [9.17, 15) is 9.59 Å². The molecule has 0 spiro atoms. The number of amides is 2. The fourth-order valence-electron chi connectivity index (χ4n) is 4.10. The number of methoxy groups -OCH3 is 1. The van der Waals surface area contributed by atoms with Gasteiger partial charge in [-0.25, -0.2) is 4.79 Å². The molecule has 0 saturated carbocycles. The largest absolute Gasteiger partial charge is 0.497 e. The molecular formula is C20H23N3O3. The molecule has 136 valence electrons. The van der Waals surface area contributed by atoms with Crippen molar-refractivity contribution in [1.29, 1.82) is 0 Å². The predicted octanol–water partition coefficient (Wildman–Crippen LogP) is 2.19. The third kappa shape index (κ3) is 3.19. The van der Waals surface area contributed by atoms with Gasteiger partial charge in [0.1, 0.15) is 5.75 Å². The monoisotopic (exact) mass is 353 g/mol. The Morgan fingerprint density at radius 2 is 1.96 bits per heavy atom. The Labute approximate surface area is 152 Å². The molecule has 6 nitrogen and oxygen atoms in total. The molecule has 2 aliphatic heterocycles. The van der Waals surface area contributed by atoms with Gasteiger partial charge < -0.3 is 19.5 Å². The number of fused-ring (bicyclic) bond motifs is 4. The van der Waals surface area contributed by atoms with E-state index in [0.717, 1.165) is 23.4 Å². The fourth-order valence-corrected chi connectivity index (χ4v) is 4.10. The summed E-state index contributed by atoms with van der Waals surface area (Å²) in [5.41, 5.74) is 2.16. The molecule has 2 aromatic rings. The second-order valence-electron chi connectivity index (χ2n) is 7.11. The van der Waals surface area contributed by atoms with Gasteiger partial charge in [-0.3, -0.25) is 4.79 Å². The van der Waals surface area contributed by atoms with Crippen LogP contribution in [0, 0.1) is 5.92 Å². The van der Waals surface area contributed by atoms with E-state index in [2.05, 4.69) is 5.32 Å². The van der Waals surface area contributed by atoms with Gasteiger partial charge in [-0.1, -0.05) is 18.2 Å². The van der Waals surface area contributed by atoms with Crippen molar-refractivity contribution in [2.75, 3.05) is 20.2 Å². The zero-order valence-electron chi connectivity index (χ0n) is 14.9. The van der Waals surface area contributed by atoms with Crippen LogP contribution in [0.1, 0.15) is 23.6 Å². The minimum atomic E-state index is -0.0396. The summed E-state index contributed by atoms with van der Waals surface area (Å²) in [6, 6.07) is 13.1. The van der Waals surface area contributed by atoms with Gasteiger partial charge in [-0.2, -0.15) is 0 Å². The Kier molecular flexibility index (Phi) is 4.41. The van der Waals surface area contributed by atoms with Crippen molar-refractivity contribution >= 4 is 6.03 Å². The molecule has 2 aliphatic rings. The van der Waals surface area contributed by atoms with Crippen LogP contribution < -0.4 is 15.6 Å². The molecule has 1 aromatic heterocycles. The van der Waals surface area contributed by atoms with Crippen LogP contribution in [-0.2, 0) is 13.1 Å². The lowest BCUT2D eigenvalue weighted by atomic mass is 9.83. The number of benzene rings is 1. The van der Waals surface area contributed by atoms with Crippen LogP contribution in [0.3, 0.4) is 0 Å². The summed E-state index contributed by atoms with van der Waals surface area (Å²) in [4.78, 5) is 26.6. The number of likely N-dealkylation sites (tertiary alicyclic amines) is 1. The number of ether oxygens (including phenoxy) is 1. The highest BCUT2D eigenvalue weighted by Gasteiger charge is 2.36. The van der Waals surface area contributed by atoms with Crippen molar-refractivity contribution in [1.82, 2.24) is 14.8 Å². The number of urea groups is 1. The van der Waals surface area contributed by atoms with E-state index in [1.54, 1.807) is 13.2 Å². The third-order valence-electron chi connectivity index (χ3n) is 5.37. The molecule has 3 heterocycles. The highest BCUT2D eigenvalue weighted by atomic mass is 16.5. The topological polar surface area (TPSA) is 63.6 Å². The normalized spacial score (nSPS) is 21.0. The Morgan fingerprint density at radius 3 is 2.73 bits per heavy atom. The quantitative estimate of drug-likeness (QED) is 0.920. The van der Waals surface area contributed by atoms with E-state index >= 15 is 0 Å². The summed E-state index contributed by atoms with van der Waals surface area (Å²) in [5, 5.41) is 3.01. The maximum atomic E-state index is 12.6. The van der Waals surface area contributed by atoms with E-state index in [4.69, 9.17) is 4.74 Å². The predicted molar refractivity (Wildman–Crippen MR) is 98.4 cm³/mol. The van der Waals surface area contributed by atoms with Crippen molar-refractivity contribution in [2.45, 2.75) is 25.4 Å². The van der Waals surface area contributed by atoms with Crippen LogP contribution in [0.15, 0.2) is 47.3 Å². The second kappa shape index (κ2) is 6.86. The van der Waals surface area contributed by atoms with Gasteiger partial charge in [0.05, 0.1) is 7.11 Å². The second-order valence-corrected chi connectivity index (χ2v) is 7.11.